The Labute approximate surface area is 216 Å². The van der Waals surface area contributed by atoms with Crippen molar-refractivity contribution in [2.75, 3.05) is 7.11 Å². The Morgan fingerprint density at radius 1 is 1.03 bits per heavy atom. The van der Waals surface area contributed by atoms with E-state index in [1.807, 2.05) is 42.5 Å². The summed E-state index contributed by atoms with van der Waals surface area (Å²) < 4.78 is 52.5. The summed E-state index contributed by atoms with van der Waals surface area (Å²) in [6.07, 6.45) is 1.27. The maximum Gasteiger partial charge on any atom is 0.305 e. The highest BCUT2D eigenvalue weighted by molar-refractivity contribution is 5.70. The van der Waals surface area contributed by atoms with Crippen LogP contribution in [0.5, 0.6) is 5.75 Å². The molecular formula is C31H33F3O3. The Morgan fingerprint density at radius 3 is 2.54 bits per heavy atom. The van der Waals surface area contributed by atoms with Crippen LogP contribution in [0.3, 0.4) is 0 Å². The van der Waals surface area contributed by atoms with Gasteiger partial charge in [0.05, 0.1) is 7.11 Å². The summed E-state index contributed by atoms with van der Waals surface area (Å²) in [5.74, 6) is 0.0992. The summed E-state index contributed by atoms with van der Waals surface area (Å²) in [7, 11) is 1.37. The smallest absolute Gasteiger partial charge is 0.305 e. The first-order valence-electron chi connectivity index (χ1n) is 12.7. The van der Waals surface area contributed by atoms with Crippen molar-refractivity contribution in [3.63, 3.8) is 0 Å². The molecule has 3 aromatic rings. The fourth-order valence-electron chi connectivity index (χ4n) is 5.33. The number of aryl methyl sites for hydroxylation is 1. The third-order valence-electron chi connectivity index (χ3n) is 7.43. The first-order valence-corrected chi connectivity index (χ1v) is 12.7. The molecule has 6 heteroatoms. The van der Waals surface area contributed by atoms with Crippen molar-refractivity contribution in [1.29, 1.82) is 0 Å². The molecule has 0 spiro atoms. The number of rotatable bonds is 9. The molecule has 1 aliphatic carbocycles. The second-order valence-electron chi connectivity index (χ2n) is 10.4. The molecule has 1 saturated carbocycles. The highest BCUT2D eigenvalue weighted by Crippen LogP contribution is 2.51. The predicted molar refractivity (Wildman–Crippen MR) is 138 cm³/mol. The van der Waals surface area contributed by atoms with E-state index in [0.717, 1.165) is 48.1 Å². The maximum absolute atomic E-state index is 14.9. The molecule has 0 heterocycles. The Bertz CT molecular complexity index is 1250. The second kappa shape index (κ2) is 11.4. The highest BCUT2D eigenvalue weighted by Gasteiger charge is 2.37. The summed E-state index contributed by atoms with van der Waals surface area (Å²) in [5.41, 5.74) is 3.56. The van der Waals surface area contributed by atoms with Crippen LogP contribution in [0.25, 0.3) is 11.1 Å². The fraction of sp³-hybridized carbons (Fsp3) is 0.387. The maximum atomic E-state index is 14.9. The lowest BCUT2D eigenvalue weighted by atomic mass is 9.75. The third kappa shape index (κ3) is 6.35. The summed E-state index contributed by atoms with van der Waals surface area (Å²) >= 11 is 0. The van der Waals surface area contributed by atoms with E-state index < -0.39 is 12.2 Å². The molecule has 0 saturated heterocycles. The monoisotopic (exact) mass is 510 g/mol. The van der Waals surface area contributed by atoms with Gasteiger partial charge < -0.3 is 9.47 Å². The molecule has 37 heavy (non-hydrogen) atoms. The van der Waals surface area contributed by atoms with E-state index in [-0.39, 0.29) is 28.4 Å². The second-order valence-corrected chi connectivity index (χ2v) is 10.4. The fourth-order valence-corrected chi connectivity index (χ4v) is 5.33. The van der Waals surface area contributed by atoms with Crippen LogP contribution >= 0.6 is 0 Å². The minimum atomic E-state index is -2.67. The third-order valence-corrected chi connectivity index (χ3v) is 7.43. The largest absolute Gasteiger partial charge is 0.489 e. The number of methoxy groups -OCH3 is 1. The van der Waals surface area contributed by atoms with Gasteiger partial charge >= 0.3 is 5.97 Å². The number of halogens is 3. The molecule has 1 fully saturated rings. The summed E-state index contributed by atoms with van der Waals surface area (Å²) in [4.78, 5) is 11.5. The molecule has 3 aromatic carbocycles. The van der Waals surface area contributed by atoms with E-state index in [1.165, 1.54) is 13.2 Å². The van der Waals surface area contributed by atoms with Gasteiger partial charge in [-0.25, -0.2) is 13.2 Å². The molecule has 3 nitrogen and oxygen atoms in total. The lowest BCUT2D eigenvalue weighted by Crippen LogP contribution is -2.17. The van der Waals surface area contributed by atoms with Gasteiger partial charge in [0.25, 0.3) is 6.43 Å². The van der Waals surface area contributed by atoms with Crippen LogP contribution in [0.1, 0.15) is 74.1 Å². The van der Waals surface area contributed by atoms with E-state index >= 15 is 0 Å². The number of esters is 1. The van der Waals surface area contributed by atoms with Crippen LogP contribution in [-0.2, 0) is 22.6 Å². The first kappa shape index (κ1) is 26.8. The summed E-state index contributed by atoms with van der Waals surface area (Å²) in [6.45, 7) is 4.73. The predicted octanol–water partition coefficient (Wildman–Crippen LogP) is 8.41. The van der Waals surface area contributed by atoms with Crippen LogP contribution in [0, 0.1) is 11.2 Å². The van der Waals surface area contributed by atoms with E-state index in [9.17, 15) is 18.0 Å². The Balaban J connectivity index is 1.62. The van der Waals surface area contributed by atoms with Crippen molar-refractivity contribution in [3.05, 3.63) is 88.7 Å². The number of carbonyl (C=O) groups is 1. The van der Waals surface area contributed by atoms with Crippen molar-refractivity contribution in [3.8, 4) is 16.9 Å². The Kier molecular flexibility index (Phi) is 8.25. The van der Waals surface area contributed by atoms with Gasteiger partial charge in [0.15, 0.2) is 0 Å². The van der Waals surface area contributed by atoms with Gasteiger partial charge in [-0.3, -0.25) is 4.79 Å². The van der Waals surface area contributed by atoms with Gasteiger partial charge in [-0.15, -0.1) is 0 Å². The average molecular weight is 511 g/mol. The SMILES string of the molecule is COC(=O)CCc1cccc(OCc2ccc(-c3cc(C(F)F)ccc3F)c([C@@H]3CCCC3(C)C)c2)c1. The molecule has 0 aliphatic heterocycles. The number of carbonyl (C=O) groups excluding carboxylic acids is 1. The van der Waals surface area contributed by atoms with Crippen molar-refractivity contribution in [2.45, 2.75) is 64.9 Å². The van der Waals surface area contributed by atoms with Crippen LogP contribution in [0.4, 0.5) is 13.2 Å². The number of hydrogen-bond donors (Lipinski definition) is 0. The molecule has 0 bridgehead atoms. The van der Waals surface area contributed by atoms with E-state index in [2.05, 4.69) is 13.8 Å². The zero-order valence-electron chi connectivity index (χ0n) is 21.5. The van der Waals surface area contributed by atoms with Gasteiger partial charge in [-0.2, -0.15) is 0 Å². The molecule has 1 atom stereocenters. The molecule has 0 amide bonds. The molecule has 196 valence electrons. The van der Waals surface area contributed by atoms with Crippen LogP contribution in [0.2, 0.25) is 0 Å². The number of alkyl halides is 2. The van der Waals surface area contributed by atoms with Crippen LogP contribution in [-0.4, -0.2) is 13.1 Å². The Morgan fingerprint density at radius 2 is 1.84 bits per heavy atom. The number of ether oxygens (including phenoxy) is 2. The van der Waals surface area contributed by atoms with Crippen molar-refractivity contribution in [2.24, 2.45) is 5.41 Å². The minimum Gasteiger partial charge on any atom is -0.489 e. The zero-order chi connectivity index (χ0) is 26.6. The standard InChI is InChI=1S/C31H33F3O3/c1-31(2)15-5-8-27(31)25-17-21(9-12-24(25)26-18-22(30(33)34)11-13-28(26)32)19-37-23-7-4-6-20(16-23)10-14-29(35)36-3/h4,6-7,9,11-13,16-18,27,30H,5,8,10,14-15,19H2,1-3H3/t27-/m0/s1. The normalized spacial score (nSPS) is 16.7. The molecule has 0 unspecified atom stereocenters. The van der Waals surface area contributed by atoms with Crippen LogP contribution in [0.15, 0.2) is 60.7 Å². The van der Waals surface area contributed by atoms with Gasteiger partial charge in [0.2, 0.25) is 0 Å². The number of hydrogen-bond acceptors (Lipinski definition) is 3. The van der Waals surface area contributed by atoms with E-state index in [4.69, 9.17) is 9.47 Å². The molecule has 0 radical (unpaired) electrons. The van der Waals surface area contributed by atoms with Gasteiger partial charge in [0.1, 0.15) is 18.2 Å². The number of benzene rings is 3. The molecule has 4 rings (SSSR count). The van der Waals surface area contributed by atoms with Crippen molar-refractivity contribution >= 4 is 5.97 Å². The minimum absolute atomic E-state index is 0.0129. The van der Waals surface area contributed by atoms with E-state index in [0.29, 0.717) is 30.8 Å². The van der Waals surface area contributed by atoms with Gasteiger partial charge in [0, 0.05) is 17.5 Å². The first-order chi connectivity index (χ1) is 17.7. The van der Waals surface area contributed by atoms with E-state index in [1.54, 1.807) is 0 Å². The van der Waals surface area contributed by atoms with Crippen molar-refractivity contribution < 1.29 is 27.4 Å². The van der Waals surface area contributed by atoms with Crippen LogP contribution < -0.4 is 4.74 Å². The quantitative estimate of drug-likeness (QED) is 0.271. The molecular weight excluding hydrogens is 477 g/mol. The average Bonchev–Trinajstić information content (AvgIpc) is 3.25. The summed E-state index contributed by atoms with van der Waals surface area (Å²) in [6, 6.07) is 16.9. The van der Waals surface area contributed by atoms with Gasteiger partial charge in [-0.05, 0) is 77.1 Å². The molecule has 1 aliphatic rings. The zero-order valence-corrected chi connectivity index (χ0v) is 21.5. The topological polar surface area (TPSA) is 35.5 Å². The lowest BCUT2D eigenvalue weighted by molar-refractivity contribution is -0.140. The molecule has 0 aromatic heterocycles. The van der Waals surface area contributed by atoms with Gasteiger partial charge in [-0.1, -0.05) is 56.7 Å². The highest BCUT2D eigenvalue weighted by atomic mass is 19.3. The lowest BCUT2D eigenvalue weighted by Gasteiger charge is -2.30. The molecule has 0 N–H and O–H groups in total. The van der Waals surface area contributed by atoms with Crippen molar-refractivity contribution in [1.82, 2.24) is 0 Å². The summed E-state index contributed by atoms with van der Waals surface area (Å²) in [5, 5.41) is 0. The Hall–Kier alpha value is -3.28.